The summed E-state index contributed by atoms with van der Waals surface area (Å²) in [6, 6.07) is 22.0. The Kier molecular flexibility index (Phi) is 11.0. The fourth-order valence-corrected chi connectivity index (χ4v) is 6.62. The van der Waals surface area contributed by atoms with Gasteiger partial charge in [0.2, 0.25) is 5.91 Å². The molecule has 3 aromatic rings. The van der Waals surface area contributed by atoms with Crippen LogP contribution in [0.2, 0.25) is 0 Å². The van der Waals surface area contributed by atoms with Crippen molar-refractivity contribution in [3.63, 3.8) is 0 Å². The second-order valence-corrected chi connectivity index (χ2v) is 13.7. The molecule has 0 aliphatic carbocycles. The predicted octanol–water partition coefficient (Wildman–Crippen LogP) is 7.30. The van der Waals surface area contributed by atoms with E-state index < -0.39 is 52.7 Å². The number of likely N-dealkylation sites (tertiary alicyclic amines) is 1. The molecule has 11 heteroatoms. The number of ether oxygens (including phenoxy) is 2. The van der Waals surface area contributed by atoms with Crippen LogP contribution in [-0.4, -0.2) is 64.8 Å². The van der Waals surface area contributed by atoms with Gasteiger partial charge in [0.25, 0.3) is 0 Å². The van der Waals surface area contributed by atoms with Gasteiger partial charge < -0.3 is 14.8 Å². The number of alkyl halides is 3. The van der Waals surface area contributed by atoms with Gasteiger partial charge in [0.1, 0.15) is 18.2 Å². The van der Waals surface area contributed by atoms with E-state index in [1.165, 1.54) is 18.2 Å². The zero-order valence-electron chi connectivity index (χ0n) is 28.2. The maximum atomic E-state index is 16.9. The third kappa shape index (κ3) is 8.57. The van der Waals surface area contributed by atoms with Gasteiger partial charge in [-0.2, -0.15) is 13.2 Å². The van der Waals surface area contributed by atoms with Crippen LogP contribution >= 0.6 is 0 Å². The lowest BCUT2D eigenvalue weighted by atomic mass is 9.75. The molecule has 0 saturated carbocycles. The van der Waals surface area contributed by atoms with Crippen LogP contribution in [0.15, 0.2) is 90.8 Å². The van der Waals surface area contributed by atoms with Crippen molar-refractivity contribution >= 4 is 18.0 Å². The highest BCUT2D eigenvalue weighted by Gasteiger charge is 2.60. The minimum Gasteiger partial charge on any atom is -0.460 e. The number of benzene rings is 3. The van der Waals surface area contributed by atoms with Crippen LogP contribution in [0.5, 0.6) is 0 Å². The number of nitrogens with one attached hydrogen (secondary N) is 1. The summed E-state index contributed by atoms with van der Waals surface area (Å²) in [5, 5.41) is 2.76. The van der Waals surface area contributed by atoms with Gasteiger partial charge in [0.15, 0.2) is 0 Å². The molecule has 2 saturated heterocycles. The Labute approximate surface area is 284 Å². The summed E-state index contributed by atoms with van der Waals surface area (Å²) in [7, 11) is 0. The number of rotatable bonds is 11. The van der Waals surface area contributed by atoms with Crippen LogP contribution in [0.25, 0.3) is 6.08 Å². The van der Waals surface area contributed by atoms with Crippen molar-refractivity contribution in [2.45, 2.75) is 82.5 Å². The summed E-state index contributed by atoms with van der Waals surface area (Å²) < 4.78 is 68.4. The van der Waals surface area contributed by atoms with Crippen molar-refractivity contribution in [1.29, 1.82) is 0 Å². The molecule has 0 spiro atoms. The lowest BCUT2D eigenvalue weighted by Crippen LogP contribution is -2.77. The Morgan fingerprint density at radius 2 is 1.69 bits per heavy atom. The van der Waals surface area contributed by atoms with Crippen LogP contribution in [-0.2, 0) is 31.8 Å². The molecule has 0 radical (unpaired) electrons. The second kappa shape index (κ2) is 14.8. The van der Waals surface area contributed by atoms with Crippen molar-refractivity contribution in [2.75, 3.05) is 19.9 Å². The minimum absolute atomic E-state index is 0.00286. The number of amides is 1. The molecule has 4 atom stereocenters. The average Bonchev–Trinajstić information content (AvgIpc) is 3.53. The van der Waals surface area contributed by atoms with E-state index in [4.69, 9.17) is 9.47 Å². The van der Waals surface area contributed by atoms with Gasteiger partial charge in [-0.25, -0.2) is 4.39 Å². The van der Waals surface area contributed by atoms with E-state index >= 15 is 4.39 Å². The fourth-order valence-electron chi connectivity index (χ4n) is 6.62. The zero-order valence-corrected chi connectivity index (χ0v) is 28.2. The fraction of sp³-hybridized carbons (Fsp3) is 0.421. The first-order chi connectivity index (χ1) is 23.2. The Hall–Kier alpha value is -4.06. The van der Waals surface area contributed by atoms with E-state index in [9.17, 15) is 22.8 Å². The third-order valence-corrected chi connectivity index (χ3v) is 9.13. The van der Waals surface area contributed by atoms with Crippen molar-refractivity contribution in [2.24, 2.45) is 0 Å². The highest BCUT2D eigenvalue weighted by atomic mass is 19.4. The van der Waals surface area contributed by atoms with Gasteiger partial charge in [-0.15, -0.1) is 0 Å². The molecule has 1 amide bonds. The highest BCUT2D eigenvalue weighted by molar-refractivity contribution is 5.83. The first-order valence-electron chi connectivity index (χ1n) is 16.4. The second-order valence-electron chi connectivity index (χ2n) is 13.7. The van der Waals surface area contributed by atoms with Crippen LogP contribution < -0.4 is 5.32 Å². The van der Waals surface area contributed by atoms with Crippen molar-refractivity contribution in [1.82, 2.24) is 15.1 Å². The van der Waals surface area contributed by atoms with E-state index in [0.717, 1.165) is 17.7 Å². The smallest absolute Gasteiger partial charge is 0.416 e. The summed E-state index contributed by atoms with van der Waals surface area (Å²) in [5.74, 6) is -1.52. The Bertz CT molecular complexity index is 1630. The van der Waals surface area contributed by atoms with Crippen molar-refractivity contribution < 1.29 is 36.6 Å². The van der Waals surface area contributed by atoms with Gasteiger partial charge in [-0.05, 0) is 69.0 Å². The molecule has 0 aromatic heterocycles. The van der Waals surface area contributed by atoms with Crippen molar-refractivity contribution in [3.8, 4) is 0 Å². The number of carbonyl (C=O) groups is 2. The summed E-state index contributed by atoms with van der Waals surface area (Å²) in [4.78, 5) is 30.7. The summed E-state index contributed by atoms with van der Waals surface area (Å²) in [5.41, 5.74) is -0.984. The summed E-state index contributed by atoms with van der Waals surface area (Å²) in [6.07, 6.45) is -3.20. The number of nitrogens with zero attached hydrogens (tertiary/aromatic N) is 2. The van der Waals surface area contributed by atoms with Crippen LogP contribution in [0.1, 0.15) is 68.8 Å². The topological polar surface area (TPSA) is 71.1 Å². The van der Waals surface area contributed by atoms with E-state index in [-0.39, 0.29) is 44.3 Å². The number of halogens is 4. The number of esters is 1. The van der Waals surface area contributed by atoms with Crippen LogP contribution in [0.3, 0.4) is 0 Å². The molecular weight excluding hydrogens is 638 g/mol. The molecule has 1 N–H and O–H groups in total. The third-order valence-electron chi connectivity index (χ3n) is 9.13. The molecule has 2 aliphatic rings. The molecule has 5 rings (SSSR count). The normalized spacial score (nSPS) is 22.7. The van der Waals surface area contributed by atoms with E-state index in [0.29, 0.717) is 12.2 Å². The summed E-state index contributed by atoms with van der Waals surface area (Å²) >= 11 is 0. The highest BCUT2D eigenvalue weighted by Crippen LogP contribution is 2.47. The van der Waals surface area contributed by atoms with Gasteiger partial charge in [-0.1, -0.05) is 72.8 Å². The number of carbonyl (C=O) groups excluding carboxylic acids is 2. The van der Waals surface area contributed by atoms with Gasteiger partial charge in [-0.3, -0.25) is 19.4 Å². The molecule has 49 heavy (non-hydrogen) atoms. The molecule has 2 unspecified atom stereocenters. The largest absolute Gasteiger partial charge is 0.460 e. The average molecular weight is 682 g/mol. The number of hydrogen-bond donors (Lipinski definition) is 1. The molecule has 262 valence electrons. The van der Waals surface area contributed by atoms with Crippen LogP contribution in [0.4, 0.5) is 17.6 Å². The quantitative estimate of drug-likeness (QED) is 0.169. The molecule has 0 bridgehead atoms. The Balaban J connectivity index is 1.47. The molecule has 3 aromatic carbocycles. The number of hydrogen-bond acceptors (Lipinski definition) is 6. The molecule has 2 fully saturated rings. The lowest BCUT2D eigenvalue weighted by Gasteiger charge is -2.61. The monoisotopic (exact) mass is 681 g/mol. The van der Waals surface area contributed by atoms with Crippen LogP contribution in [0, 0.1) is 0 Å². The maximum Gasteiger partial charge on any atom is 0.416 e. The summed E-state index contributed by atoms with van der Waals surface area (Å²) in [6.45, 7) is 7.74. The van der Waals surface area contributed by atoms with Gasteiger partial charge in [0.05, 0.1) is 29.8 Å². The lowest BCUT2D eigenvalue weighted by molar-refractivity contribution is -0.158. The Morgan fingerprint density at radius 1 is 1.02 bits per heavy atom. The minimum atomic E-state index is -4.54. The standard InChI is InChI=1S/C38H43F4N3O4/c1-36(2,3)49-34(46)19-18-30(35(47)43-22-27-14-11-17-29(20-27)38(40,41)42)45-23-33(37(45,4)32(39)21-26-12-7-5-8-13-26)44-25-48-24-31(44)28-15-9-6-10-16-28/h5-17,20-21,30-31,33H,18-19,22-25H2,1-4H3,(H,43,47)/b32-21-/t30-,31-,33?,37?/m1/s1. The molecular formula is C38H43F4N3O4. The molecule has 2 aliphatic heterocycles. The van der Waals surface area contributed by atoms with E-state index in [2.05, 4.69) is 10.2 Å². The maximum absolute atomic E-state index is 16.9. The molecule has 2 heterocycles. The zero-order chi connectivity index (χ0) is 35.4. The molecule has 7 nitrogen and oxygen atoms in total. The SMILES string of the molecule is CC(C)(C)OC(=O)CC[C@H](C(=O)NCc1cccc(C(F)(F)F)c1)N1CC(N2COC[C@@H]2c2ccccc2)C1(C)/C(F)=C/c1ccccc1. The Morgan fingerprint density at radius 3 is 2.35 bits per heavy atom. The van der Waals surface area contributed by atoms with Gasteiger partial charge >= 0.3 is 12.1 Å². The van der Waals surface area contributed by atoms with Gasteiger partial charge in [0, 0.05) is 25.6 Å². The van der Waals surface area contributed by atoms with Crippen molar-refractivity contribution in [3.05, 3.63) is 113 Å². The van der Waals surface area contributed by atoms with E-state index in [1.807, 2.05) is 48.5 Å². The first kappa shape index (κ1) is 36.2. The predicted molar refractivity (Wildman–Crippen MR) is 178 cm³/mol. The first-order valence-corrected chi connectivity index (χ1v) is 16.4. The van der Waals surface area contributed by atoms with E-state index in [1.54, 1.807) is 44.7 Å².